The van der Waals surface area contributed by atoms with Gasteiger partial charge in [-0.3, -0.25) is 10.1 Å². The molecule has 0 aliphatic heterocycles. The molecule has 7 nitrogen and oxygen atoms in total. The number of hydrogen-bond acceptors (Lipinski definition) is 6. The molecule has 0 bridgehead atoms. The molecule has 0 spiro atoms. The fourth-order valence-electron chi connectivity index (χ4n) is 13.2. The Morgan fingerprint density at radius 1 is 0.857 bits per heavy atom. The Labute approximate surface area is 296 Å². The van der Waals surface area contributed by atoms with Crippen molar-refractivity contribution in [1.82, 2.24) is 10.6 Å². The lowest BCUT2D eigenvalue weighted by Crippen LogP contribution is -2.66. The lowest BCUT2D eigenvalue weighted by molar-refractivity contribution is -0.282. The van der Waals surface area contributed by atoms with Gasteiger partial charge in [0.15, 0.2) is 0 Å². The summed E-state index contributed by atoms with van der Waals surface area (Å²) in [5.74, 6) is 2.88. The van der Waals surface area contributed by atoms with Gasteiger partial charge in [0.05, 0.1) is 19.6 Å². The van der Waals surface area contributed by atoms with Crippen LogP contribution in [0.2, 0.25) is 0 Å². The number of rotatable bonds is 12. The minimum Gasteiger partial charge on any atom is -0.354 e. The standard InChI is InChI=1S/C42H64N2O5/c1-28(2)31-16-21-42(37(45)44-25-24-43-27-49-47-9)23-22-40(6)33(36(31)42)14-15-35-39(5)19-17-32(30-12-10-29(11-13-30)26-48-46-8)38(3,4)34(39)18-20-41(35,40)7/h10-13,17,31,33-36,43H,1,14-16,18-27H2,2-9H3,(H,44,45)/t31-,33+,34-,35+,36+,39-,40+,41+,42-/m0/s1. The van der Waals surface area contributed by atoms with Crippen LogP contribution in [0.4, 0.5) is 0 Å². The maximum Gasteiger partial charge on any atom is 0.226 e. The molecule has 0 unspecified atom stereocenters. The van der Waals surface area contributed by atoms with Crippen molar-refractivity contribution >= 4 is 11.5 Å². The molecule has 1 aromatic carbocycles. The zero-order valence-electron chi connectivity index (χ0n) is 31.7. The Bertz CT molecular complexity index is 1410. The number of fused-ring (bicyclic) bond motifs is 7. The second kappa shape index (κ2) is 13.8. The largest absolute Gasteiger partial charge is 0.354 e. The van der Waals surface area contributed by atoms with Crippen molar-refractivity contribution in [3.05, 3.63) is 53.6 Å². The first-order chi connectivity index (χ1) is 23.3. The van der Waals surface area contributed by atoms with Crippen LogP contribution in [-0.4, -0.2) is 39.9 Å². The number of allylic oxidation sites excluding steroid dienone is 3. The van der Waals surface area contributed by atoms with Crippen LogP contribution in [0.1, 0.15) is 110 Å². The van der Waals surface area contributed by atoms with Crippen molar-refractivity contribution in [2.45, 2.75) is 106 Å². The summed E-state index contributed by atoms with van der Waals surface area (Å²) < 4.78 is 0. The third kappa shape index (κ3) is 5.88. The molecule has 272 valence electrons. The number of carbonyl (C=O) groups is 1. The first-order valence-corrected chi connectivity index (χ1v) is 19.1. The van der Waals surface area contributed by atoms with E-state index in [-0.39, 0.29) is 33.0 Å². The number of carbonyl (C=O) groups excluding carboxylic acids is 1. The molecule has 0 radical (unpaired) electrons. The average Bonchev–Trinajstić information content (AvgIpc) is 3.47. The van der Waals surface area contributed by atoms with Crippen molar-refractivity contribution in [1.29, 1.82) is 0 Å². The summed E-state index contributed by atoms with van der Waals surface area (Å²) in [5.41, 5.74) is 5.71. The van der Waals surface area contributed by atoms with Gasteiger partial charge in [-0.05, 0) is 133 Å². The van der Waals surface area contributed by atoms with E-state index < -0.39 is 0 Å². The maximum absolute atomic E-state index is 14.3. The summed E-state index contributed by atoms with van der Waals surface area (Å²) in [6, 6.07) is 8.91. The van der Waals surface area contributed by atoms with Crippen LogP contribution < -0.4 is 10.6 Å². The predicted molar refractivity (Wildman–Crippen MR) is 195 cm³/mol. The number of benzene rings is 1. The average molecular weight is 677 g/mol. The Morgan fingerprint density at radius 2 is 1.59 bits per heavy atom. The lowest BCUT2D eigenvalue weighted by Gasteiger charge is -2.72. The monoisotopic (exact) mass is 676 g/mol. The minimum atomic E-state index is -0.295. The molecule has 5 aliphatic rings. The number of amides is 1. The minimum absolute atomic E-state index is 0.0808. The van der Waals surface area contributed by atoms with E-state index in [9.17, 15) is 4.79 Å². The van der Waals surface area contributed by atoms with Crippen molar-refractivity contribution in [2.75, 3.05) is 34.0 Å². The highest BCUT2D eigenvalue weighted by Gasteiger charge is 2.71. The fraction of sp³-hybridized carbons (Fsp3) is 0.738. The first kappa shape index (κ1) is 36.8. The highest BCUT2D eigenvalue weighted by Crippen LogP contribution is 2.77. The number of nitrogens with one attached hydrogen (secondary N) is 2. The van der Waals surface area contributed by atoms with Gasteiger partial charge >= 0.3 is 0 Å². The molecule has 49 heavy (non-hydrogen) atoms. The molecule has 5 aliphatic carbocycles. The molecule has 6 rings (SSSR count). The van der Waals surface area contributed by atoms with Gasteiger partial charge in [-0.2, -0.15) is 0 Å². The van der Waals surface area contributed by atoms with Gasteiger partial charge in [-0.25, -0.2) is 19.6 Å². The normalized spacial score (nSPS) is 39.2. The van der Waals surface area contributed by atoms with Gasteiger partial charge in [0, 0.05) is 13.1 Å². The van der Waals surface area contributed by atoms with Gasteiger partial charge in [-0.1, -0.05) is 77.1 Å². The lowest BCUT2D eigenvalue weighted by atomic mass is 9.32. The highest BCUT2D eigenvalue weighted by atomic mass is 17.2. The zero-order valence-corrected chi connectivity index (χ0v) is 31.7. The van der Waals surface area contributed by atoms with Gasteiger partial charge < -0.3 is 5.32 Å². The topological polar surface area (TPSA) is 78.1 Å². The van der Waals surface area contributed by atoms with Crippen LogP contribution in [0.5, 0.6) is 0 Å². The van der Waals surface area contributed by atoms with E-state index in [1.165, 1.54) is 49.5 Å². The van der Waals surface area contributed by atoms with E-state index in [0.717, 1.165) is 37.7 Å². The van der Waals surface area contributed by atoms with Crippen LogP contribution in [-0.2, 0) is 31.0 Å². The van der Waals surface area contributed by atoms with Crippen molar-refractivity contribution < 1.29 is 24.3 Å². The first-order valence-electron chi connectivity index (χ1n) is 19.1. The SMILES string of the molecule is C=C(C)[C@@H]1CC[C@]2(C(=O)NCCNCOOC)CC[C@]3(C)[C@H](CC[C@@H]4[C@@]5(C)CC=C(c6ccc(COOC)cc6)C(C)(C)[C@@H]5CC[C@]43C)[C@@H]12. The second-order valence-corrected chi connectivity index (χ2v) is 17.7. The molecule has 1 aromatic rings. The van der Waals surface area contributed by atoms with E-state index in [1.54, 1.807) is 7.11 Å². The molecule has 4 saturated carbocycles. The summed E-state index contributed by atoms with van der Waals surface area (Å²) in [6.45, 7) is 21.8. The Hall–Kier alpha value is -2.03. The molecular formula is C42H64N2O5. The molecule has 7 heteroatoms. The van der Waals surface area contributed by atoms with Crippen molar-refractivity contribution in [3.8, 4) is 0 Å². The molecule has 0 aromatic heterocycles. The van der Waals surface area contributed by atoms with E-state index in [2.05, 4.69) is 94.0 Å². The smallest absolute Gasteiger partial charge is 0.226 e. The van der Waals surface area contributed by atoms with Crippen molar-refractivity contribution in [3.63, 3.8) is 0 Å². The van der Waals surface area contributed by atoms with Crippen molar-refractivity contribution in [2.24, 2.45) is 56.7 Å². The number of hydrogen-bond donors (Lipinski definition) is 2. The van der Waals surface area contributed by atoms with E-state index in [4.69, 9.17) is 14.7 Å². The van der Waals surface area contributed by atoms with Crippen LogP contribution in [0.3, 0.4) is 0 Å². The summed E-state index contributed by atoms with van der Waals surface area (Å²) in [5, 5.41) is 6.54. The third-order valence-electron chi connectivity index (χ3n) is 15.6. The molecule has 0 saturated heterocycles. The molecular weight excluding hydrogens is 612 g/mol. The summed E-state index contributed by atoms with van der Waals surface area (Å²) >= 11 is 0. The highest BCUT2D eigenvalue weighted by molar-refractivity contribution is 5.84. The Balaban J connectivity index is 1.26. The summed E-state index contributed by atoms with van der Waals surface area (Å²) in [6.07, 6.45) is 13.0. The zero-order chi connectivity index (χ0) is 35.2. The summed E-state index contributed by atoms with van der Waals surface area (Å²) in [4.78, 5) is 33.9. The van der Waals surface area contributed by atoms with Crippen LogP contribution >= 0.6 is 0 Å². The van der Waals surface area contributed by atoms with Gasteiger partial charge in [0.1, 0.15) is 13.3 Å². The molecule has 9 atom stereocenters. The van der Waals surface area contributed by atoms with E-state index in [1.807, 2.05) is 0 Å². The van der Waals surface area contributed by atoms with Crippen LogP contribution in [0, 0.1) is 56.7 Å². The van der Waals surface area contributed by atoms with Gasteiger partial charge in [0.25, 0.3) is 0 Å². The van der Waals surface area contributed by atoms with E-state index in [0.29, 0.717) is 56.0 Å². The molecule has 2 N–H and O–H groups in total. The van der Waals surface area contributed by atoms with E-state index >= 15 is 0 Å². The molecule has 0 heterocycles. The van der Waals surface area contributed by atoms with Crippen LogP contribution in [0.15, 0.2) is 42.5 Å². The van der Waals surface area contributed by atoms with Gasteiger partial charge in [-0.15, -0.1) is 0 Å². The Morgan fingerprint density at radius 3 is 2.29 bits per heavy atom. The fourth-order valence-corrected chi connectivity index (χ4v) is 13.2. The third-order valence-corrected chi connectivity index (χ3v) is 15.6. The van der Waals surface area contributed by atoms with Gasteiger partial charge in [0.2, 0.25) is 5.91 Å². The summed E-state index contributed by atoms with van der Waals surface area (Å²) in [7, 11) is 3.06. The molecule has 4 fully saturated rings. The Kier molecular flexibility index (Phi) is 10.4. The maximum atomic E-state index is 14.3. The quantitative estimate of drug-likeness (QED) is 0.0759. The van der Waals surface area contributed by atoms with Crippen LogP contribution in [0.25, 0.3) is 5.57 Å². The second-order valence-electron chi connectivity index (χ2n) is 17.7. The molecule has 1 amide bonds. The predicted octanol–water partition coefficient (Wildman–Crippen LogP) is 8.66.